The number of nitrogens with one attached hydrogen (secondary N) is 2. The molecule has 82 valence electrons. The van der Waals surface area contributed by atoms with Crippen molar-refractivity contribution in [3.63, 3.8) is 0 Å². The Kier molecular flexibility index (Phi) is 3.73. The van der Waals surface area contributed by atoms with E-state index < -0.39 is 6.17 Å². The van der Waals surface area contributed by atoms with Gasteiger partial charge in [-0.3, -0.25) is 0 Å². The Labute approximate surface area is 84.4 Å². The van der Waals surface area contributed by atoms with Crippen molar-refractivity contribution in [3.05, 3.63) is 0 Å². The molecule has 2 aliphatic heterocycles. The van der Waals surface area contributed by atoms with Crippen LogP contribution in [-0.2, 0) is 4.74 Å². The Morgan fingerprint density at radius 3 is 2.71 bits per heavy atom. The third-order valence-electron chi connectivity index (χ3n) is 3.08. The predicted octanol–water partition coefficient (Wildman–Crippen LogP) is 0.455. The Morgan fingerprint density at radius 1 is 1.21 bits per heavy atom. The molecular weight excluding hydrogens is 183 g/mol. The predicted molar refractivity (Wildman–Crippen MR) is 53.1 cm³/mol. The topological polar surface area (TPSA) is 33.3 Å². The molecule has 0 aliphatic carbocycles. The van der Waals surface area contributed by atoms with E-state index in [4.69, 9.17) is 4.74 Å². The van der Waals surface area contributed by atoms with Gasteiger partial charge in [-0.25, -0.2) is 4.39 Å². The minimum atomic E-state index is -0.821. The van der Waals surface area contributed by atoms with Crippen LogP contribution >= 0.6 is 0 Å². The summed E-state index contributed by atoms with van der Waals surface area (Å²) in [6.07, 6.45) is 2.22. The molecule has 0 aromatic heterocycles. The van der Waals surface area contributed by atoms with Gasteiger partial charge in [0.1, 0.15) is 6.17 Å². The van der Waals surface area contributed by atoms with E-state index in [0.29, 0.717) is 12.6 Å². The zero-order chi connectivity index (χ0) is 9.80. The first-order valence-electron chi connectivity index (χ1n) is 5.55. The molecule has 0 spiro atoms. The molecule has 2 rings (SSSR count). The zero-order valence-electron chi connectivity index (χ0n) is 8.47. The molecule has 0 aromatic rings. The molecule has 0 bridgehead atoms. The molecule has 4 heteroatoms. The van der Waals surface area contributed by atoms with Crippen LogP contribution in [0.3, 0.4) is 0 Å². The molecule has 3 nitrogen and oxygen atoms in total. The van der Waals surface area contributed by atoms with Crippen molar-refractivity contribution in [1.82, 2.24) is 10.6 Å². The monoisotopic (exact) mass is 202 g/mol. The van der Waals surface area contributed by atoms with Gasteiger partial charge in [-0.2, -0.15) is 0 Å². The molecule has 2 saturated heterocycles. The normalized spacial score (nSPS) is 35.8. The minimum absolute atomic E-state index is 0.0202. The van der Waals surface area contributed by atoms with Crippen molar-refractivity contribution in [3.8, 4) is 0 Å². The van der Waals surface area contributed by atoms with Crippen molar-refractivity contribution >= 4 is 0 Å². The number of hydrogen-bond acceptors (Lipinski definition) is 3. The Bertz CT molecular complexity index is 174. The van der Waals surface area contributed by atoms with Crippen LogP contribution in [0.1, 0.15) is 19.3 Å². The van der Waals surface area contributed by atoms with Crippen molar-refractivity contribution < 1.29 is 9.13 Å². The number of alkyl halides is 1. The van der Waals surface area contributed by atoms with E-state index in [1.807, 2.05) is 0 Å². The van der Waals surface area contributed by atoms with Crippen molar-refractivity contribution in [2.24, 2.45) is 0 Å². The second kappa shape index (κ2) is 5.05. The maximum atomic E-state index is 13.4. The molecule has 2 N–H and O–H groups in total. The van der Waals surface area contributed by atoms with E-state index in [1.54, 1.807) is 0 Å². The lowest BCUT2D eigenvalue weighted by Crippen LogP contribution is -2.51. The summed E-state index contributed by atoms with van der Waals surface area (Å²) in [7, 11) is 0. The van der Waals surface area contributed by atoms with Crippen LogP contribution in [0.2, 0.25) is 0 Å². The van der Waals surface area contributed by atoms with Crippen LogP contribution in [0.15, 0.2) is 0 Å². The van der Waals surface area contributed by atoms with Gasteiger partial charge in [0, 0.05) is 18.7 Å². The number of hydrogen-bond donors (Lipinski definition) is 2. The molecule has 0 amide bonds. The maximum absolute atomic E-state index is 13.4. The second-order valence-corrected chi connectivity index (χ2v) is 4.18. The fourth-order valence-corrected chi connectivity index (χ4v) is 2.18. The highest BCUT2D eigenvalue weighted by Gasteiger charge is 2.27. The van der Waals surface area contributed by atoms with Crippen molar-refractivity contribution in [2.45, 2.75) is 37.5 Å². The van der Waals surface area contributed by atoms with E-state index in [0.717, 1.165) is 32.4 Å². The van der Waals surface area contributed by atoms with Gasteiger partial charge in [0.25, 0.3) is 0 Å². The quantitative estimate of drug-likeness (QED) is 0.682. The Morgan fingerprint density at radius 2 is 2.00 bits per heavy atom. The summed E-state index contributed by atoms with van der Waals surface area (Å²) < 4.78 is 18.5. The average molecular weight is 202 g/mol. The van der Waals surface area contributed by atoms with Gasteiger partial charge in [-0.15, -0.1) is 0 Å². The molecule has 0 aromatic carbocycles. The van der Waals surface area contributed by atoms with Gasteiger partial charge in [0.05, 0.1) is 6.61 Å². The average Bonchev–Trinajstić information content (AvgIpc) is 2.23. The highest BCUT2D eigenvalue weighted by molar-refractivity contribution is 4.84. The summed E-state index contributed by atoms with van der Waals surface area (Å²) in [5.41, 5.74) is 0. The van der Waals surface area contributed by atoms with Crippen LogP contribution < -0.4 is 10.6 Å². The molecule has 2 heterocycles. The summed E-state index contributed by atoms with van der Waals surface area (Å²) in [4.78, 5) is 0. The van der Waals surface area contributed by atoms with Gasteiger partial charge >= 0.3 is 0 Å². The third-order valence-corrected chi connectivity index (χ3v) is 3.08. The van der Waals surface area contributed by atoms with Gasteiger partial charge in [0.2, 0.25) is 0 Å². The molecule has 0 radical (unpaired) electrons. The van der Waals surface area contributed by atoms with Crippen molar-refractivity contribution in [1.29, 1.82) is 0 Å². The molecule has 0 saturated carbocycles. The minimum Gasteiger partial charge on any atom is -0.378 e. The third kappa shape index (κ3) is 2.65. The van der Waals surface area contributed by atoms with E-state index in [1.165, 1.54) is 0 Å². The maximum Gasteiger partial charge on any atom is 0.139 e. The highest BCUT2D eigenvalue weighted by atomic mass is 19.1. The standard InChI is InChI=1S/C10H19FN2O/c11-9-7-14-6-3-10(9)13-8-1-4-12-5-2-8/h8-10,12-13H,1-7H2/t9-,10?/m1/s1. The zero-order valence-corrected chi connectivity index (χ0v) is 8.47. The molecular formula is C10H19FN2O. The molecule has 2 fully saturated rings. The van der Waals surface area contributed by atoms with Crippen LogP contribution in [0.4, 0.5) is 4.39 Å². The van der Waals surface area contributed by atoms with E-state index in [2.05, 4.69) is 10.6 Å². The smallest absolute Gasteiger partial charge is 0.139 e. The molecule has 2 atom stereocenters. The summed E-state index contributed by atoms with van der Waals surface area (Å²) >= 11 is 0. The lowest BCUT2D eigenvalue weighted by atomic mass is 10.0. The summed E-state index contributed by atoms with van der Waals surface area (Å²) in [5.74, 6) is 0. The number of rotatable bonds is 2. The molecule has 2 aliphatic rings. The van der Waals surface area contributed by atoms with Gasteiger partial charge < -0.3 is 15.4 Å². The number of piperidine rings is 1. The first-order valence-corrected chi connectivity index (χ1v) is 5.55. The fourth-order valence-electron chi connectivity index (χ4n) is 2.18. The number of ether oxygens (including phenoxy) is 1. The van der Waals surface area contributed by atoms with E-state index in [-0.39, 0.29) is 12.6 Å². The summed E-state index contributed by atoms with van der Waals surface area (Å²) in [5, 5.41) is 6.72. The van der Waals surface area contributed by atoms with E-state index >= 15 is 0 Å². The van der Waals surface area contributed by atoms with Gasteiger partial charge in [-0.1, -0.05) is 0 Å². The molecule has 14 heavy (non-hydrogen) atoms. The first kappa shape index (κ1) is 10.3. The summed E-state index contributed by atoms with van der Waals surface area (Å²) in [6, 6.07) is 0.518. The first-order chi connectivity index (χ1) is 6.86. The lowest BCUT2D eigenvalue weighted by Gasteiger charge is -2.33. The Balaban J connectivity index is 1.76. The summed E-state index contributed by atoms with van der Waals surface area (Å²) in [6.45, 7) is 3.07. The van der Waals surface area contributed by atoms with Gasteiger partial charge in [-0.05, 0) is 32.4 Å². The van der Waals surface area contributed by atoms with E-state index in [9.17, 15) is 4.39 Å². The van der Waals surface area contributed by atoms with Crippen LogP contribution in [-0.4, -0.2) is 44.6 Å². The second-order valence-electron chi connectivity index (χ2n) is 4.18. The molecule has 1 unspecified atom stereocenters. The van der Waals surface area contributed by atoms with Gasteiger partial charge in [0.15, 0.2) is 0 Å². The largest absolute Gasteiger partial charge is 0.378 e. The Hall–Kier alpha value is -0.190. The SMILES string of the molecule is F[C@@H]1COCCC1NC1CCNCC1. The van der Waals surface area contributed by atoms with Crippen molar-refractivity contribution in [2.75, 3.05) is 26.3 Å². The van der Waals surface area contributed by atoms with Crippen LogP contribution in [0, 0.1) is 0 Å². The van der Waals surface area contributed by atoms with Crippen LogP contribution in [0.25, 0.3) is 0 Å². The van der Waals surface area contributed by atoms with Crippen LogP contribution in [0.5, 0.6) is 0 Å². The number of halogens is 1. The highest BCUT2D eigenvalue weighted by Crippen LogP contribution is 2.14. The lowest BCUT2D eigenvalue weighted by molar-refractivity contribution is 0.00990. The fraction of sp³-hybridized carbons (Fsp3) is 1.00.